The number of nitrogens with zero attached hydrogens (tertiary/aromatic N) is 2. The van der Waals surface area contributed by atoms with Gasteiger partial charge in [0.15, 0.2) is 13.9 Å². The molecular formula is C24H33IN2O5Si. The molecule has 2 fully saturated rings. The molecule has 0 bridgehead atoms. The standard InChI is InChI=1S/C24H33IN2O5Si/c1-5-10-27-19-9-8-16(25)12-18(19)24(23(27)30)15(2)22(33(3,4)31)20(32-24)13-21(29)26-11-6-7-17(26)14-28/h5,8-9,12,15,17,20,22,28,31H,1,6-7,10-11,13-14H2,2-4H3/t15-,17+,20+,22-,24+/m1/s1. The summed E-state index contributed by atoms with van der Waals surface area (Å²) < 4.78 is 7.66. The Labute approximate surface area is 210 Å². The molecule has 1 aromatic carbocycles. The van der Waals surface area contributed by atoms with Crippen LogP contribution in [0.15, 0.2) is 30.9 Å². The second kappa shape index (κ2) is 9.07. The lowest BCUT2D eigenvalue weighted by Gasteiger charge is -2.32. The van der Waals surface area contributed by atoms with Gasteiger partial charge >= 0.3 is 0 Å². The molecule has 180 valence electrons. The first-order chi connectivity index (χ1) is 15.6. The highest BCUT2D eigenvalue weighted by Crippen LogP contribution is 2.59. The first kappa shape index (κ1) is 24.8. The Bertz CT molecular complexity index is 967. The summed E-state index contributed by atoms with van der Waals surface area (Å²) in [5, 5.41) is 9.67. The predicted octanol–water partition coefficient (Wildman–Crippen LogP) is 3.00. The molecule has 9 heteroatoms. The molecule has 2 N–H and O–H groups in total. The van der Waals surface area contributed by atoms with E-state index in [2.05, 4.69) is 29.2 Å². The lowest BCUT2D eigenvalue weighted by Crippen LogP contribution is -2.46. The van der Waals surface area contributed by atoms with Crippen molar-refractivity contribution in [3.05, 3.63) is 40.0 Å². The Morgan fingerprint density at radius 3 is 2.79 bits per heavy atom. The maximum atomic E-state index is 13.9. The smallest absolute Gasteiger partial charge is 0.264 e. The monoisotopic (exact) mass is 584 g/mol. The molecule has 3 heterocycles. The van der Waals surface area contributed by atoms with Gasteiger partial charge in [0.2, 0.25) is 5.91 Å². The second-order valence-corrected chi connectivity index (χ2v) is 15.2. The van der Waals surface area contributed by atoms with Gasteiger partial charge in [0.25, 0.3) is 5.91 Å². The summed E-state index contributed by atoms with van der Waals surface area (Å²) in [4.78, 5) is 41.9. The molecule has 0 saturated carbocycles. The number of carbonyl (C=O) groups is 2. The fourth-order valence-corrected chi connectivity index (χ4v) is 9.25. The van der Waals surface area contributed by atoms with Crippen molar-refractivity contribution in [1.82, 2.24) is 4.90 Å². The molecule has 33 heavy (non-hydrogen) atoms. The highest BCUT2D eigenvalue weighted by molar-refractivity contribution is 14.1. The molecule has 2 amide bonds. The summed E-state index contributed by atoms with van der Waals surface area (Å²) in [7, 11) is -2.82. The normalized spacial score (nSPS) is 31.5. The van der Waals surface area contributed by atoms with Crippen molar-refractivity contribution in [2.45, 2.75) is 62.6 Å². The Balaban J connectivity index is 1.75. The van der Waals surface area contributed by atoms with E-state index in [1.807, 2.05) is 38.2 Å². The van der Waals surface area contributed by atoms with Gasteiger partial charge in [0.05, 0.1) is 30.9 Å². The molecule has 1 spiro atoms. The summed E-state index contributed by atoms with van der Waals surface area (Å²) in [6.45, 7) is 10.4. The van der Waals surface area contributed by atoms with Gasteiger partial charge in [-0.3, -0.25) is 9.59 Å². The van der Waals surface area contributed by atoms with Gasteiger partial charge in [-0.1, -0.05) is 13.0 Å². The van der Waals surface area contributed by atoms with Crippen molar-refractivity contribution >= 4 is 48.4 Å². The van der Waals surface area contributed by atoms with E-state index in [0.29, 0.717) is 13.1 Å². The molecule has 0 unspecified atom stereocenters. The minimum Gasteiger partial charge on any atom is -0.432 e. The Kier molecular flexibility index (Phi) is 6.82. The number of aliphatic hydroxyl groups excluding tert-OH is 1. The number of rotatable bonds is 6. The molecule has 0 aromatic heterocycles. The Hall–Kier alpha value is -1.27. The van der Waals surface area contributed by atoms with Crippen LogP contribution in [-0.2, 0) is 19.9 Å². The zero-order valence-corrected chi connectivity index (χ0v) is 22.6. The largest absolute Gasteiger partial charge is 0.432 e. The first-order valence-electron chi connectivity index (χ1n) is 11.6. The van der Waals surface area contributed by atoms with E-state index in [0.717, 1.165) is 27.7 Å². The molecular weight excluding hydrogens is 551 g/mol. The number of aliphatic hydroxyl groups is 1. The molecule has 0 radical (unpaired) electrons. The third-order valence-electron chi connectivity index (χ3n) is 7.54. The molecule has 3 aliphatic rings. The molecule has 5 atom stereocenters. The third kappa shape index (κ3) is 3.99. The third-order valence-corrected chi connectivity index (χ3v) is 10.7. The van der Waals surface area contributed by atoms with E-state index in [9.17, 15) is 19.5 Å². The van der Waals surface area contributed by atoms with Crippen LogP contribution in [0.3, 0.4) is 0 Å². The average molecular weight is 585 g/mol. The molecule has 1 aromatic rings. The number of ether oxygens (including phenoxy) is 1. The van der Waals surface area contributed by atoms with Gasteiger partial charge < -0.3 is 24.4 Å². The number of hydrogen-bond acceptors (Lipinski definition) is 5. The summed E-state index contributed by atoms with van der Waals surface area (Å²) in [6, 6.07) is 5.73. The lowest BCUT2D eigenvalue weighted by molar-refractivity contribution is -0.150. The van der Waals surface area contributed by atoms with Crippen LogP contribution in [0.4, 0.5) is 5.69 Å². The van der Waals surface area contributed by atoms with E-state index in [1.54, 1.807) is 15.9 Å². The van der Waals surface area contributed by atoms with Crippen LogP contribution in [0.5, 0.6) is 0 Å². The topological polar surface area (TPSA) is 90.3 Å². The van der Waals surface area contributed by atoms with Gasteiger partial charge in [0, 0.05) is 33.7 Å². The van der Waals surface area contributed by atoms with E-state index >= 15 is 0 Å². The van der Waals surface area contributed by atoms with Crippen LogP contribution in [0.2, 0.25) is 18.6 Å². The summed E-state index contributed by atoms with van der Waals surface area (Å²) >= 11 is 2.23. The highest BCUT2D eigenvalue weighted by Gasteiger charge is 2.66. The molecule has 3 aliphatic heterocycles. The van der Waals surface area contributed by atoms with E-state index < -0.39 is 20.0 Å². The SMILES string of the molecule is C=CCN1C(=O)[C@@]2(O[C@@H](CC(=O)N3CCC[C@H]3CO)[C@H]([Si](C)(C)O)[C@H]2C)c2cc(I)ccc21. The minimum absolute atomic E-state index is 0.0535. The zero-order valence-electron chi connectivity index (χ0n) is 19.5. The average Bonchev–Trinajstić information content (AvgIpc) is 3.39. The van der Waals surface area contributed by atoms with Gasteiger partial charge in [-0.2, -0.15) is 0 Å². The van der Waals surface area contributed by atoms with Crippen LogP contribution >= 0.6 is 22.6 Å². The minimum atomic E-state index is -2.82. The van der Waals surface area contributed by atoms with Gasteiger partial charge in [-0.15, -0.1) is 6.58 Å². The van der Waals surface area contributed by atoms with Gasteiger partial charge in [-0.05, 0) is 66.7 Å². The van der Waals surface area contributed by atoms with Crippen LogP contribution in [0.1, 0.15) is 31.7 Å². The van der Waals surface area contributed by atoms with E-state index in [-0.39, 0.29) is 42.3 Å². The van der Waals surface area contributed by atoms with Crippen molar-refractivity contribution in [1.29, 1.82) is 0 Å². The van der Waals surface area contributed by atoms with Crippen LogP contribution < -0.4 is 4.90 Å². The fraction of sp³-hybridized carbons (Fsp3) is 0.583. The van der Waals surface area contributed by atoms with Gasteiger partial charge in [0.1, 0.15) is 0 Å². The molecule has 2 saturated heterocycles. The van der Waals surface area contributed by atoms with Crippen molar-refractivity contribution in [3.63, 3.8) is 0 Å². The second-order valence-electron chi connectivity index (χ2n) is 10.00. The predicted molar refractivity (Wildman–Crippen MR) is 137 cm³/mol. The number of fused-ring (bicyclic) bond motifs is 2. The van der Waals surface area contributed by atoms with Crippen molar-refractivity contribution in [2.24, 2.45) is 5.92 Å². The number of anilines is 1. The molecule has 4 rings (SSSR count). The quantitative estimate of drug-likeness (QED) is 0.305. The fourth-order valence-electron chi connectivity index (χ4n) is 6.20. The number of benzene rings is 1. The summed E-state index contributed by atoms with van der Waals surface area (Å²) in [5.74, 6) is -0.534. The maximum Gasteiger partial charge on any atom is 0.264 e. The first-order valence-corrected chi connectivity index (χ1v) is 15.7. The van der Waals surface area contributed by atoms with Gasteiger partial charge in [-0.25, -0.2) is 0 Å². The van der Waals surface area contributed by atoms with Crippen LogP contribution in [0, 0.1) is 9.49 Å². The highest BCUT2D eigenvalue weighted by atomic mass is 127. The van der Waals surface area contributed by atoms with Crippen molar-refractivity contribution in [2.75, 3.05) is 24.6 Å². The molecule has 7 nitrogen and oxygen atoms in total. The number of amides is 2. The number of hydrogen-bond donors (Lipinski definition) is 2. The van der Waals surface area contributed by atoms with E-state index in [1.165, 1.54) is 0 Å². The van der Waals surface area contributed by atoms with Crippen LogP contribution in [-0.4, -0.2) is 66.8 Å². The number of halogens is 1. The molecule has 0 aliphatic carbocycles. The maximum absolute atomic E-state index is 13.9. The Morgan fingerprint density at radius 2 is 2.15 bits per heavy atom. The lowest BCUT2D eigenvalue weighted by atomic mass is 9.82. The van der Waals surface area contributed by atoms with E-state index in [4.69, 9.17) is 4.74 Å². The number of likely N-dealkylation sites (tertiary alicyclic amines) is 1. The number of carbonyl (C=O) groups excluding carboxylic acids is 2. The van der Waals surface area contributed by atoms with Crippen LogP contribution in [0.25, 0.3) is 0 Å². The summed E-state index contributed by atoms with van der Waals surface area (Å²) in [6.07, 6.45) is 2.88. The zero-order chi connectivity index (χ0) is 24.1. The van der Waals surface area contributed by atoms with Crippen molar-refractivity contribution < 1.29 is 24.2 Å². The van der Waals surface area contributed by atoms with Crippen molar-refractivity contribution in [3.8, 4) is 0 Å². The summed E-state index contributed by atoms with van der Waals surface area (Å²) in [5.41, 5.74) is 0.0790. The Morgan fingerprint density at radius 1 is 1.42 bits per heavy atom.